The van der Waals surface area contributed by atoms with Crippen molar-refractivity contribution in [3.63, 3.8) is 0 Å². The summed E-state index contributed by atoms with van der Waals surface area (Å²) in [5.74, 6) is -0.154. The van der Waals surface area contributed by atoms with Crippen molar-refractivity contribution in [2.45, 2.75) is 43.6 Å². The minimum Gasteiger partial charge on any atom is -0.458 e. The molecular formula is C14H20O8S. The summed E-state index contributed by atoms with van der Waals surface area (Å²) in [7, 11) is -5.19. The molecule has 3 N–H and O–H groups in total. The summed E-state index contributed by atoms with van der Waals surface area (Å²) in [5.41, 5.74) is -0.866. The highest BCUT2D eigenvalue weighted by atomic mass is 32.2. The number of ketones is 1. The smallest absolute Gasteiger partial charge is 0.330 e. The van der Waals surface area contributed by atoms with Crippen LogP contribution in [0, 0.1) is 23.2 Å². The van der Waals surface area contributed by atoms with Gasteiger partial charge in [-0.15, -0.1) is 0 Å². The SMILES string of the molecule is O=C1CC2CCC3(C(=O)OCC(O)(O)S(=O)(=O)O)CC1CC2C3. The van der Waals surface area contributed by atoms with Crippen LogP contribution in [0.4, 0.5) is 0 Å². The van der Waals surface area contributed by atoms with Crippen LogP contribution in [-0.4, -0.2) is 46.7 Å². The number of fused-ring (bicyclic) bond motifs is 2. The summed E-state index contributed by atoms with van der Waals surface area (Å²) in [6, 6.07) is 0. The van der Waals surface area contributed by atoms with E-state index in [0.29, 0.717) is 31.6 Å². The Morgan fingerprint density at radius 1 is 1.30 bits per heavy atom. The van der Waals surface area contributed by atoms with E-state index in [1.807, 2.05) is 0 Å². The average Bonchev–Trinajstić information content (AvgIpc) is 2.45. The van der Waals surface area contributed by atoms with Crippen molar-refractivity contribution in [2.24, 2.45) is 23.2 Å². The molecule has 0 heterocycles. The molecule has 8 nitrogen and oxygen atoms in total. The molecule has 3 rings (SSSR count). The lowest BCUT2D eigenvalue weighted by molar-refractivity contribution is -0.186. The summed E-state index contributed by atoms with van der Waals surface area (Å²) >= 11 is 0. The fourth-order valence-electron chi connectivity index (χ4n) is 4.44. The third-order valence-electron chi connectivity index (χ3n) is 5.69. The zero-order chi connectivity index (χ0) is 17.0. The number of Topliss-reactive ketones (excluding diaryl/α,β-unsaturated/α-hetero) is 1. The number of rotatable bonds is 4. The van der Waals surface area contributed by atoms with E-state index in [1.54, 1.807) is 0 Å². The molecule has 0 radical (unpaired) electrons. The molecule has 0 aliphatic heterocycles. The van der Waals surface area contributed by atoms with E-state index in [-0.39, 0.29) is 17.6 Å². The average molecular weight is 348 g/mol. The van der Waals surface area contributed by atoms with Gasteiger partial charge in [0.2, 0.25) is 0 Å². The Bertz CT molecular complexity index is 639. The number of hydrogen-bond acceptors (Lipinski definition) is 7. The van der Waals surface area contributed by atoms with E-state index < -0.39 is 33.2 Å². The Balaban J connectivity index is 1.74. The molecule has 0 aromatic heterocycles. The quantitative estimate of drug-likeness (QED) is 0.362. The monoisotopic (exact) mass is 348 g/mol. The van der Waals surface area contributed by atoms with Crippen molar-refractivity contribution in [1.29, 1.82) is 0 Å². The summed E-state index contributed by atoms with van der Waals surface area (Å²) in [5, 5.41) is 15.0. The van der Waals surface area contributed by atoms with Crippen LogP contribution in [0.3, 0.4) is 0 Å². The Labute approximate surface area is 133 Å². The molecule has 3 saturated carbocycles. The molecule has 130 valence electrons. The Hall–Kier alpha value is -1.03. The largest absolute Gasteiger partial charge is 0.458 e. The van der Waals surface area contributed by atoms with Crippen LogP contribution in [0.25, 0.3) is 0 Å². The molecule has 0 amide bonds. The second kappa shape index (κ2) is 5.23. The van der Waals surface area contributed by atoms with Gasteiger partial charge in [-0.2, -0.15) is 8.42 Å². The van der Waals surface area contributed by atoms with E-state index in [2.05, 4.69) is 0 Å². The van der Waals surface area contributed by atoms with Crippen LogP contribution >= 0.6 is 0 Å². The molecule has 3 fully saturated rings. The van der Waals surface area contributed by atoms with Crippen LogP contribution in [0.2, 0.25) is 0 Å². The van der Waals surface area contributed by atoms with Gasteiger partial charge < -0.3 is 14.9 Å². The Morgan fingerprint density at radius 2 is 2.00 bits per heavy atom. The van der Waals surface area contributed by atoms with Crippen LogP contribution in [0.5, 0.6) is 0 Å². The number of esters is 1. The van der Waals surface area contributed by atoms with Crippen molar-refractivity contribution >= 4 is 21.9 Å². The van der Waals surface area contributed by atoms with Crippen LogP contribution in [0.15, 0.2) is 0 Å². The Morgan fingerprint density at radius 3 is 2.65 bits per heavy atom. The molecule has 0 aromatic carbocycles. The minimum atomic E-state index is -5.19. The predicted octanol–water partition coefficient (Wildman–Crippen LogP) is -0.159. The van der Waals surface area contributed by atoms with E-state index in [1.165, 1.54) is 0 Å². The standard InChI is InChI=1S/C14H20O8S/c15-11-4-8-1-2-13(5-9(8)3-10(11)6-13)12(16)22-7-14(17,18)23(19,20)21/h8-10,17-18H,1-7H2,(H,19,20,21). The van der Waals surface area contributed by atoms with Crippen molar-refractivity contribution < 1.29 is 37.5 Å². The number of carbonyl (C=O) groups is 2. The van der Waals surface area contributed by atoms with E-state index in [9.17, 15) is 28.2 Å². The maximum atomic E-state index is 12.5. The molecule has 9 heteroatoms. The minimum absolute atomic E-state index is 0.166. The zero-order valence-electron chi connectivity index (χ0n) is 12.5. The highest BCUT2D eigenvalue weighted by Gasteiger charge is 2.56. The molecule has 0 saturated heterocycles. The lowest BCUT2D eigenvalue weighted by Crippen LogP contribution is -2.52. The molecule has 4 atom stereocenters. The van der Waals surface area contributed by atoms with E-state index >= 15 is 0 Å². The van der Waals surface area contributed by atoms with Crippen LogP contribution in [0.1, 0.15) is 38.5 Å². The van der Waals surface area contributed by atoms with Gasteiger partial charge in [0, 0.05) is 12.3 Å². The predicted molar refractivity (Wildman–Crippen MR) is 75.3 cm³/mol. The highest BCUT2D eigenvalue weighted by Crippen LogP contribution is 2.57. The first-order valence-electron chi connectivity index (χ1n) is 7.66. The summed E-state index contributed by atoms with van der Waals surface area (Å²) in [6.07, 6.45) is 3.58. The van der Waals surface area contributed by atoms with Gasteiger partial charge in [0.05, 0.1) is 5.41 Å². The first-order valence-corrected chi connectivity index (χ1v) is 9.10. The number of hydrogen-bond donors (Lipinski definition) is 3. The van der Waals surface area contributed by atoms with Crippen molar-refractivity contribution in [3.8, 4) is 0 Å². The van der Waals surface area contributed by atoms with Crippen molar-refractivity contribution in [1.82, 2.24) is 0 Å². The van der Waals surface area contributed by atoms with Crippen molar-refractivity contribution in [3.05, 3.63) is 0 Å². The molecule has 23 heavy (non-hydrogen) atoms. The van der Waals surface area contributed by atoms with Gasteiger partial charge in [-0.3, -0.25) is 14.1 Å². The van der Waals surface area contributed by atoms with Crippen LogP contribution < -0.4 is 0 Å². The fourth-order valence-corrected chi connectivity index (χ4v) is 4.65. The first-order chi connectivity index (χ1) is 10.5. The van der Waals surface area contributed by atoms with Crippen molar-refractivity contribution in [2.75, 3.05) is 6.61 Å². The first kappa shape index (κ1) is 16.8. The van der Waals surface area contributed by atoms with Gasteiger partial charge in [0.1, 0.15) is 5.78 Å². The second-order valence-corrected chi connectivity index (χ2v) is 8.75. The number of carbonyl (C=O) groups excluding carboxylic acids is 2. The van der Waals surface area contributed by atoms with Crippen LogP contribution in [-0.2, 0) is 24.4 Å². The van der Waals surface area contributed by atoms with E-state index in [4.69, 9.17) is 9.29 Å². The number of ether oxygens (including phenoxy) is 1. The van der Waals surface area contributed by atoms with E-state index in [0.717, 1.165) is 12.8 Å². The van der Waals surface area contributed by atoms with Gasteiger partial charge in [-0.1, -0.05) is 0 Å². The summed E-state index contributed by atoms with van der Waals surface area (Å²) in [6.45, 7) is -1.26. The molecule has 0 spiro atoms. The van der Waals surface area contributed by atoms with Gasteiger partial charge in [0.15, 0.2) is 6.61 Å². The van der Waals surface area contributed by atoms with Gasteiger partial charge >= 0.3 is 21.2 Å². The van der Waals surface area contributed by atoms with Gasteiger partial charge in [-0.25, -0.2) is 0 Å². The normalized spacial score (nSPS) is 36.8. The summed E-state index contributed by atoms with van der Waals surface area (Å²) < 4.78 is 35.1. The third-order valence-corrected chi connectivity index (χ3v) is 6.64. The number of aliphatic hydroxyl groups is 2. The molecular weight excluding hydrogens is 328 g/mol. The highest BCUT2D eigenvalue weighted by molar-refractivity contribution is 7.86. The van der Waals surface area contributed by atoms with Gasteiger partial charge in [-0.05, 0) is 43.9 Å². The topological polar surface area (TPSA) is 138 Å². The molecule has 3 bridgehead atoms. The molecule has 3 aliphatic rings. The zero-order valence-corrected chi connectivity index (χ0v) is 13.3. The maximum absolute atomic E-state index is 12.5. The fraction of sp³-hybridized carbons (Fsp3) is 0.857. The van der Waals surface area contributed by atoms with Gasteiger partial charge in [0.25, 0.3) is 0 Å². The molecule has 0 aromatic rings. The third kappa shape index (κ3) is 2.79. The lowest BCUT2D eigenvalue weighted by Gasteiger charge is -2.52. The lowest BCUT2D eigenvalue weighted by atomic mass is 9.51. The molecule has 4 unspecified atom stereocenters. The molecule has 3 aliphatic carbocycles. The maximum Gasteiger partial charge on any atom is 0.330 e. The second-order valence-electron chi connectivity index (χ2n) is 7.14. The summed E-state index contributed by atoms with van der Waals surface area (Å²) in [4.78, 5) is 24.5. The Kier molecular flexibility index (Phi) is 3.83.